The fraction of sp³-hybridized carbons (Fsp3) is 0.238. The third kappa shape index (κ3) is 4.25. The van der Waals surface area contributed by atoms with Crippen LogP contribution in [0.4, 0.5) is 0 Å². The maximum absolute atomic E-state index is 12.5. The van der Waals surface area contributed by atoms with Gasteiger partial charge in [-0.3, -0.25) is 9.59 Å². The van der Waals surface area contributed by atoms with Gasteiger partial charge in [-0.2, -0.15) is 0 Å². The standard InChI is InChI=1S/C21H22N2O5/c1-14(15-7-9-17(26-2)19(12-15)27-3)22-21(25)18-10-8-16(28-18)13-23-11-5-4-6-20(23)24/h4-12,14H,13H2,1-3H3,(H,22,25). The molecule has 0 radical (unpaired) electrons. The number of carbonyl (C=O) groups excluding carboxylic acids is 1. The molecule has 0 saturated carbocycles. The van der Waals surface area contributed by atoms with Gasteiger partial charge < -0.3 is 23.8 Å². The molecule has 2 aromatic heterocycles. The van der Waals surface area contributed by atoms with Gasteiger partial charge in [-0.25, -0.2) is 0 Å². The van der Waals surface area contributed by atoms with Crippen molar-refractivity contribution in [2.45, 2.75) is 19.5 Å². The fourth-order valence-electron chi connectivity index (χ4n) is 2.82. The summed E-state index contributed by atoms with van der Waals surface area (Å²) in [4.78, 5) is 24.3. The van der Waals surface area contributed by atoms with Crippen LogP contribution in [0.5, 0.6) is 11.5 Å². The van der Waals surface area contributed by atoms with Gasteiger partial charge >= 0.3 is 0 Å². The third-order valence-corrected chi connectivity index (χ3v) is 4.37. The summed E-state index contributed by atoms with van der Waals surface area (Å²) in [6.45, 7) is 2.13. The summed E-state index contributed by atoms with van der Waals surface area (Å²) >= 11 is 0. The number of methoxy groups -OCH3 is 2. The van der Waals surface area contributed by atoms with Crippen molar-refractivity contribution in [3.8, 4) is 11.5 Å². The van der Waals surface area contributed by atoms with E-state index in [1.807, 2.05) is 19.1 Å². The number of aromatic nitrogens is 1. The van der Waals surface area contributed by atoms with E-state index in [0.717, 1.165) is 5.56 Å². The SMILES string of the molecule is COc1ccc(C(C)NC(=O)c2ccc(Cn3ccccc3=O)o2)cc1OC. The normalized spacial score (nSPS) is 11.7. The summed E-state index contributed by atoms with van der Waals surface area (Å²) in [6, 6.07) is 13.4. The maximum atomic E-state index is 12.5. The monoisotopic (exact) mass is 382 g/mol. The molecule has 1 amide bonds. The first-order chi connectivity index (χ1) is 13.5. The summed E-state index contributed by atoms with van der Waals surface area (Å²) < 4.78 is 17.6. The van der Waals surface area contributed by atoms with Crippen molar-refractivity contribution in [1.82, 2.24) is 9.88 Å². The molecule has 1 atom stereocenters. The Morgan fingerprint density at radius 2 is 1.89 bits per heavy atom. The lowest BCUT2D eigenvalue weighted by Gasteiger charge is -2.16. The number of amides is 1. The Labute approximate surface area is 162 Å². The molecule has 0 aliphatic carbocycles. The summed E-state index contributed by atoms with van der Waals surface area (Å²) in [6.07, 6.45) is 1.67. The average Bonchev–Trinajstić information content (AvgIpc) is 3.18. The molecule has 3 rings (SSSR count). The van der Waals surface area contributed by atoms with Crippen LogP contribution >= 0.6 is 0 Å². The van der Waals surface area contributed by atoms with Crippen molar-refractivity contribution < 1.29 is 18.7 Å². The van der Waals surface area contributed by atoms with Crippen LogP contribution in [0.25, 0.3) is 0 Å². The topological polar surface area (TPSA) is 82.7 Å². The number of pyridine rings is 1. The number of benzene rings is 1. The Balaban J connectivity index is 1.69. The second kappa shape index (κ2) is 8.47. The molecule has 0 saturated heterocycles. The van der Waals surface area contributed by atoms with E-state index in [9.17, 15) is 9.59 Å². The number of hydrogen-bond donors (Lipinski definition) is 1. The highest BCUT2D eigenvalue weighted by molar-refractivity contribution is 5.91. The van der Waals surface area contributed by atoms with Gasteiger partial charge in [0.1, 0.15) is 5.76 Å². The summed E-state index contributed by atoms with van der Waals surface area (Å²) in [7, 11) is 3.13. The van der Waals surface area contributed by atoms with Gasteiger partial charge in [-0.05, 0) is 42.8 Å². The van der Waals surface area contributed by atoms with E-state index in [1.165, 1.54) is 10.6 Å². The Morgan fingerprint density at radius 3 is 2.61 bits per heavy atom. The van der Waals surface area contributed by atoms with E-state index >= 15 is 0 Å². The van der Waals surface area contributed by atoms with E-state index in [-0.39, 0.29) is 29.8 Å². The minimum atomic E-state index is -0.339. The molecule has 146 valence electrons. The van der Waals surface area contributed by atoms with Gasteiger partial charge in [-0.1, -0.05) is 12.1 Å². The lowest BCUT2D eigenvalue weighted by atomic mass is 10.1. The molecular formula is C21H22N2O5. The molecule has 0 spiro atoms. The molecule has 7 nitrogen and oxygen atoms in total. The van der Waals surface area contributed by atoms with E-state index < -0.39 is 0 Å². The first-order valence-corrected chi connectivity index (χ1v) is 8.78. The van der Waals surface area contributed by atoms with Crippen LogP contribution in [-0.2, 0) is 6.54 Å². The summed E-state index contributed by atoms with van der Waals surface area (Å²) in [5.74, 6) is 1.59. The second-order valence-corrected chi connectivity index (χ2v) is 6.24. The lowest BCUT2D eigenvalue weighted by molar-refractivity contribution is 0.0910. The van der Waals surface area contributed by atoms with Gasteiger partial charge in [0.15, 0.2) is 17.3 Å². The Hall–Kier alpha value is -3.48. The zero-order valence-electron chi connectivity index (χ0n) is 16.0. The Bertz CT molecular complexity index is 1020. The number of furan rings is 1. The highest BCUT2D eigenvalue weighted by Crippen LogP contribution is 2.30. The number of ether oxygens (including phenoxy) is 2. The van der Waals surface area contributed by atoms with E-state index in [4.69, 9.17) is 13.9 Å². The zero-order valence-corrected chi connectivity index (χ0v) is 16.0. The predicted octanol–water partition coefficient (Wildman–Crippen LogP) is 3.00. The number of hydrogen-bond acceptors (Lipinski definition) is 5. The number of rotatable bonds is 7. The molecule has 1 unspecified atom stereocenters. The van der Waals surface area contributed by atoms with Crippen LogP contribution in [-0.4, -0.2) is 24.7 Å². The predicted molar refractivity (Wildman–Crippen MR) is 104 cm³/mol. The van der Waals surface area contributed by atoms with Crippen LogP contribution in [0.1, 0.15) is 34.8 Å². The third-order valence-electron chi connectivity index (χ3n) is 4.37. The van der Waals surface area contributed by atoms with Crippen molar-refractivity contribution in [2.24, 2.45) is 0 Å². The molecule has 7 heteroatoms. The minimum Gasteiger partial charge on any atom is -0.493 e. The number of nitrogens with zero attached hydrogens (tertiary/aromatic N) is 1. The zero-order chi connectivity index (χ0) is 20.1. The number of nitrogens with one attached hydrogen (secondary N) is 1. The summed E-state index contributed by atoms with van der Waals surface area (Å²) in [5, 5.41) is 2.89. The molecule has 28 heavy (non-hydrogen) atoms. The molecular weight excluding hydrogens is 360 g/mol. The van der Waals surface area contributed by atoms with Gasteiger partial charge in [0.25, 0.3) is 11.5 Å². The Kier molecular flexibility index (Phi) is 5.84. The molecule has 0 fully saturated rings. The van der Waals surface area contributed by atoms with Crippen LogP contribution in [0.2, 0.25) is 0 Å². The van der Waals surface area contributed by atoms with Crippen LogP contribution in [0, 0.1) is 0 Å². The van der Waals surface area contributed by atoms with E-state index in [0.29, 0.717) is 17.3 Å². The van der Waals surface area contributed by atoms with Crippen molar-refractivity contribution >= 4 is 5.91 Å². The van der Waals surface area contributed by atoms with Gasteiger partial charge in [-0.15, -0.1) is 0 Å². The van der Waals surface area contributed by atoms with Crippen molar-refractivity contribution in [1.29, 1.82) is 0 Å². The highest BCUT2D eigenvalue weighted by Gasteiger charge is 2.17. The maximum Gasteiger partial charge on any atom is 0.287 e. The Morgan fingerprint density at radius 1 is 1.11 bits per heavy atom. The van der Waals surface area contributed by atoms with Crippen molar-refractivity contribution in [2.75, 3.05) is 14.2 Å². The lowest BCUT2D eigenvalue weighted by Crippen LogP contribution is -2.26. The molecule has 2 heterocycles. The highest BCUT2D eigenvalue weighted by atomic mass is 16.5. The van der Waals surface area contributed by atoms with Gasteiger partial charge in [0.05, 0.1) is 26.8 Å². The van der Waals surface area contributed by atoms with Crippen LogP contribution in [0.3, 0.4) is 0 Å². The van der Waals surface area contributed by atoms with Crippen LogP contribution < -0.4 is 20.3 Å². The molecule has 0 bridgehead atoms. The van der Waals surface area contributed by atoms with E-state index in [2.05, 4.69) is 5.32 Å². The minimum absolute atomic E-state index is 0.132. The second-order valence-electron chi connectivity index (χ2n) is 6.24. The first kappa shape index (κ1) is 19.3. The van der Waals surface area contributed by atoms with Crippen LogP contribution in [0.15, 0.2) is 63.9 Å². The smallest absolute Gasteiger partial charge is 0.287 e. The molecule has 3 aromatic rings. The van der Waals surface area contributed by atoms with Crippen molar-refractivity contribution in [3.63, 3.8) is 0 Å². The van der Waals surface area contributed by atoms with Gasteiger partial charge in [0, 0.05) is 12.3 Å². The van der Waals surface area contributed by atoms with Crippen molar-refractivity contribution in [3.05, 3.63) is 82.2 Å². The number of carbonyl (C=O) groups is 1. The molecule has 1 N–H and O–H groups in total. The molecule has 1 aromatic carbocycles. The van der Waals surface area contributed by atoms with E-state index in [1.54, 1.807) is 50.7 Å². The average molecular weight is 382 g/mol. The largest absolute Gasteiger partial charge is 0.493 e. The molecule has 0 aliphatic rings. The first-order valence-electron chi connectivity index (χ1n) is 8.78. The van der Waals surface area contributed by atoms with Gasteiger partial charge in [0.2, 0.25) is 0 Å². The quantitative estimate of drug-likeness (QED) is 0.679. The fourth-order valence-corrected chi connectivity index (χ4v) is 2.82. The summed E-state index contributed by atoms with van der Waals surface area (Å²) in [5.41, 5.74) is 0.737. The molecule has 0 aliphatic heterocycles.